The fourth-order valence-electron chi connectivity index (χ4n) is 7.32. The highest BCUT2D eigenvalue weighted by Gasteiger charge is 2.23. The fourth-order valence-corrected chi connectivity index (χ4v) is 7.32. The van der Waals surface area contributed by atoms with E-state index in [1.165, 1.54) is 38.9 Å². The lowest BCUT2D eigenvalue weighted by atomic mass is 9.95. The first-order valence-electron chi connectivity index (χ1n) is 16.3. The third kappa shape index (κ3) is 4.48. The van der Waals surface area contributed by atoms with Crippen molar-refractivity contribution in [2.75, 3.05) is 5.32 Å². The van der Waals surface area contributed by atoms with E-state index < -0.39 is 0 Å². The van der Waals surface area contributed by atoms with E-state index in [0.29, 0.717) is 0 Å². The predicted octanol–water partition coefficient (Wildman–Crippen LogP) is 12.2. The average Bonchev–Trinajstić information content (AvgIpc) is 3.52. The average molecular weight is 614 g/mol. The molecule has 0 unspecified atom stereocenters. The SMILES string of the molecule is N=Cc1c(Nc2ccccc2)ccc2c1c1c3ccccc3c3ccccc3c1n2-c1cc(-c2ccccc2)cc(-c2ccccc2)c1. The van der Waals surface area contributed by atoms with Crippen LogP contribution in [0.3, 0.4) is 0 Å². The molecular weight excluding hydrogens is 583 g/mol. The Morgan fingerprint density at radius 3 is 1.58 bits per heavy atom. The van der Waals surface area contributed by atoms with Gasteiger partial charge in [-0.15, -0.1) is 0 Å². The van der Waals surface area contributed by atoms with Crippen molar-refractivity contribution in [1.29, 1.82) is 5.41 Å². The normalized spacial score (nSPS) is 11.4. The Kier molecular flexibility index (Phi) is 6.62. The van der Waals surface area contributed by atoms with E-state index in [9.17, 15) is 0 Å². The van der Waals surface area contributed by atoms with Crippen molar-refractivity contribution in [2.24, 2.45) is 0 Å². The molecule has 0 saturated carbocycles. The van der Waals surface area contributed by atoms with Crippen molar-refractivity contribution in [2.45, 2.75) is 0 Å². The Labute approximate surface area is 278 Å². The number of hydrogen-bond donors (Lipinski definition) is 2. The standard InChI is InChI=1S/C45H31N3/c46-29-40-41(47-34-18-8-3-9-19-34)24-25-42-43(40)44-38-22-12-10-20-36(38)37-21-11-13-23-39(37)45(44)48(42)35-27-32(30-14-4-1-5-15-30)26-33(28-35)31-16-6-2-7-17-31/h1-29,46-47H. The van der Waals surface area contributed by atoms with Gasteiger partial charge < -0.3 is 15.3 Å². The molecule has 3 heteroatoms. The molecule has 8 aromatic carbocycles. The van der Waals surface area contributed by atoms with Gasteiger partial charge in [0.05, 0.1) is 11.0 Å². The van der Waals surface area contributed by atoms with Crippen LogP contribution in [0.4, 0.5) is 11.4 Å². The van der Waals surface area contributed by atoms with Gasteiger partial charge in [-0.25, -0.2) is 0 Å². The van der Waals surface area contributed by atoms with Crippen molar-refractivity contribution in [3.63, 3.8) is 0 Å². The zero-order chi connectivity index (χ0) is 32.0. The van der Waals surface area contributed by atoms with E-state index in [0.717, 1.165) is 55.6 Å². The molecule has 2 N–H and O–H groups in total. The van der Waals surface area contributed by atoms with Crippen LogP contribution in [0.1, 0.15) is 5.56 Å². The van der Waals surface area contributed by atoms with E-state index in [-0.39, 0.29) is 0 Å². The van der Waals surface area contributed by atoms with Crippen LogP contribution < -0.4 is 5.32 Å². The first kappa shape index (κ1) is 27.8. The van der Waals surface area contributed by atoms with Crippen LogP contribution in [0.2, 0.25) is 0 Å². The van der Waals surface area contributed by atoms with Gasteiger partial charge in [-0.3, -0.25) is 0 Å². The summed E-state index contributed by atoms with van der Waals surface area (Å²) in [7, 11) is 0. The summed E-state index contributed by atoms with van der Waals surface area (Å²) in [4.78, 5) is 0. The molecular formula is C45H31N3. The van der Waals surface area contributed by atoms with Gasteiger partial charge in [-0.1, -0.05) is 127 Å². The molecule has 1 aromatic heterocycles. The first-order valence-corrected chi connectivity index (χ1v) is 16.3. The number of benzene rings is 8. The van der Waals surface area contributed by atoms with Crippen molar-refractivity contribution < 1.29 is 0 Å². The lowest BCUT2D eigenvalue weighted by Gasteiger charge is -2.16. The highest BCUT2D eigenvalue weighted by Crippen LogP contribution is 2.45. The van der Waals surface area contributed by atoms with Crippen molar-refractivity contribution in [3.8, 4) is 27.9 Å². The number of nitrogens with zero attached hydrogens (tertiary/aromatic N) is 1. The van der Waals surface area contributed by atoms with Crippen LogP contribution in [-0.2, 0) is 0 Å². The van der Waals surface area contributed by atoms with Crippen LogP contribution >= 0.6 is 0 Å². The monoisotopic (exact) mass is 613 g/mol. The van der Waals surface area contributed by atoms with Crippen LogP contribution in [0.25, 0.3) is 71.3 Å². The van der Waals surface area contributed by atoms with E-state index in [2.05, 4.69) is 162 Å². The zero-order valence-corrected chi connectivity index (χ0v) is 26.2. The number of hydrogen-bond acceptors (Lipinski definition) is 2. The predicted molar refractivity (Wildman–Crippen MR) is 204 cm³/mol. The molecule has 0 fully saturated rings. The lowest BCUT2D eigenvalue weighted by molar-refractivity contribution is 1.19. The molecule has 0 spiro atoms. The van der Waals surface area contributed by atoms with Crippen molar-refractivity contribution >= 4 is 60.9 Å². The summed E-state index contributed by atoms with van der Waals surface area (Å²) in [6.07, 6.45) is 1.51. The number of anilines is 2. The quantitative estimate of drug-likeness (QED) is 0.142. The molecule has 3 nitrogen and oxygen atoms in total. The topological polar surface area (TPSA) is 40.8 Å². The highest BCUT2D eigenvalue weighted by atomic mass is 15.0. The van der Waals surface area contributed by atoms with Gasteiger partial charge >= 0.3 is 0 Å². The maximum Gasteiger partial charge on any atom is 0.0626 e. The highest BCUT2D eigenvalue weighted by molar-refractivity contribution is 6.34. The van der Waals surface area contributed by atoms with Crippen LogP contribution in [0, 0.1) is 5.41 Å². The van der Waals surface area contributed by atoms with Crippen molar-refractivity contribution in [1.82, 2.24) is 4.57 Å². The summed E-state index contributed by atoms with van der Waals surface area (Å²) < 4.78 is 2.43. The number of para-hydroxylation sites is 1. The number of nitrogens with one attached hydrogen (secondary N) is 2. The maximum absolute atomic E-state index is 8.81. The summed E-state index contributed by atoms with van der Waals surface area (Å²) in [5.74, 6) is 0. The van der Waals surface area contributed by atoms with Gasteiger partial charge in [0.15, 0.2) is 0 Å². The Morgan fingerprint density at radius 2 is 0.979 bits per heavy atom. The van der Waals surface area contributed by atoms with Gasteiger partial charge in [0.25, 0.3) is 0 Å². The molecule has 0 radical (unpaired) electrons. The Bertz CT molecular complexity index is 2580. The van der Waals surface area contributed by atoms with E-state index in [1.807, 2.05) is 18.2 Å². The first-order chi connectivity index (χ1) is 23.8. The van der Waals surface area contributed by atoms with E-state index in [4.69, 9.17) is 5.41 Å². The van der Waals surface area contributed by atoms with E-state index in [1.54, 1.807) is 0 Å². The minimum absolute atomic E-state index is 0.864. The molecule has 0 aliphatic heterocycles. The minimum atomic E-state index is 0.864. The number of rotatable bonds is 6. The van der Waals surface area contributed by atoms with Crippen molar-refractivity contribution in [3.05, 3.63) is 175 Å². The summed E-state index contributed by atoms with van der Waals surface area (Å²) in [5.41, 5.74) is 10.7. The van der Waals surface area contributed by atoms with Gasteiger partial charge in [0.2, 0.25) is 0 Å². The summed E-state index contributed by atoms with van der Waals surface area (Å²) in [5, 5.41) is 19.4. The largest absolute Gasteiger partial charge is 0.355 e. The van der Waals surface area contributed by atoms with Gasteiger partial charge in [0.1, 0.15) is 0 Å². The second kappa shape index (κ2) is 11.4. The lowest BCUT2D eigenvalue weighted by Crippen LogP contribution is -1.99. The molecule has 0 bridgehead atoms. The molecule has 9 aromatic rings. The Morgan fingerprint density at radius 1 is 0.458 bits per heavy atom. The second-order valence-corrected chi connectivity index (χ2v) is 12.2. The molecule has 48 heavy (non-hydrogen) atoms. The van der Waals surface area contributed by atoms with Crippen LogP contribution in [0.15, 0.2) is 170 Å². The van der Waals surface area contributed by atoms with Crippen LogP contribution in [-0.4, -0.2) is 10.8 Å². The zero-order valence-electron chi connectivity index (χ0n) is 26.2. The third-order valence-corrected chi connectivity index (χ3v) is 9.43. The molecule has 226 valence electrons. The molecule has 0 aliphatic carbocycles. The molecule has 0 aliphatic rings. The third-order valence-electron chi connectivity index (χ3n) is 9.43. The Balaban J connectivity index is 1.46. The van der Waals surface area contributed by atoms with Gasteiger partial charge in [0, 0.05) is 45.0 Å². The smallest absolute Gasteiger partial charge is 0.0626 e. The fraction of sp³-hybridized carbons (Fsp3) is 0. The maximum atomic E-state index is 8.81. The Hall–Kier alpha value is -6.45. The summed E-state index contributed by atoms with van der Waals surface area (Å²) >= 11 is 0. The molecule has 0 amide bonds. The van der Waals surface area contributed by atoms with Gasteiger partial charge in [-0.05, 0) is 80.9 Å². The number of fused-ring (bicyclic) bond motifs is 8. The molecule has 1 heterocycles. The molecule has 9 rings (SSSR count). The summed E-state index contributed by atoms with van der Waals surface area (Å²) in [6, 6.07) is 60.1. The van der Waals surface area contributed by atoms with Crippen LogP contribution in [0.5, 0.6) is 0 Å². The summed E-state index contributed by atoms with van der Waals surface area (Å²) in [6.45, 7) is 0. The molecule has 0 saturated heterocycles. The minimum Gasteiger partial charge on any atom is -0.355 e. The van der Waals surface area contributed by atoms with E-state index >= 15 is 0 Å². The van der Waals surface area contributed by atoms with Gasteiger partial charge in [-0.2, -0.15) is 0 Å². The molecule has 0 atom stereocenters. The number of aromatic nitrogens is 1. The second-order valence-electron chi connectivity index (χ2n) is 12.2.